The molecule has 0 saturated heterocycles. The van der Waals surface area contributed by atoms with Gasteiger partial charge in [-0.2, -0.15) is 0 Å². The van der Waals surface area contributed by atoms with Gasteiger partial charge in [-0.25, -0.2) is 4.98 Å². The fraction of sp³-hybridized carbons (Fsp3) is 0.500. The van der Waals surface area contributed by atoms with Gasteiger partial charge < -0.3 is 15.5 Å². The number of aryl methyl sites for hydroxylation is 1. The summed E-state index contributed by atoms with van der Waals surface area (Å²) in [5, 5.41) is 2.64. The van der Waals surface area contributed by atoms with Gasteiger partial charge in [0.2, 0.25) is 0 Å². The molecule has 3 N–H and O–H groups in total. The second kappa shape index (κ2) is 4.04. The van der Waals surface area contributed by atoms with Gasteiger partial charge >= 0.3 is 5.91 Å². The first-order valence-electron chi connectivity index (χ1n) is 4.06. The quantitative estimate of drug-likeness (QED) is 0.694. The topological polar surface area (TPSA) is 81.2 Å². The molecule has 0 fully saturated rings. The molecule has 1 rings (SSSR count). The summed E-state index contributed by atoms with van der Waals surface area (Å²) in [6.45, 7) is 3.96. The van der Waals surface area contributed by atoms with Gasteiger partial charge in [0.25, 0.3) is 5.89 Å². The standard InChI is InChI=1S/C8H13N3O2/c1-5(3-9)10-7(12)8-11-6(2)4-13-8/h4-5H,3,9H2,1-2H3,(H,10,12). The maximum absolute atomic E-state index is 11.3. The Morgan fingerprint density at radius 3 is 3.00 bits per heavy atom. The number of amides is 1. The average molecular weight is 183 g/mol. The fourth-order valence-electron chi connectivity index (χ4n) is 0.803. The Hall–Kier alpha value is -1.36. The van der Waals surface area contributed by atoms with Crippen LogP contribution in [0.3, 0.4) is 0 Å². The molecule has 0 saturated carbocycles. The Bertz CT molecular complexity index is 295. The monoisotopic (exact) mass is 183 g/mol. The van der Waals surface area contributed by atoms with Crippen LogP contribution in [0.25, 0.3) is 0 Å². The maximum atomic E-state index is 11.3. The zero-order valence-corrected chi connectivity index (χ0v) is 7.70. The van der Waals surface area contributed by atoms with E-state index in [0.717, 1.165) is 0 Å². The summed E-state index contributed by atoms with van der Waals surface area (Å²) >= 11 is 0. The normalized spacial score (nSPS) is 12.5. The SMILES string of the molecule is Cc1coc(C(=O)NC(C)CN)n1. The Morgan fingerprint density at radius 1 is 1.85 bits per heavy atom. The number of oxazole rings is 1. The number of aromatic nitrogens is 1. The predicted molar refractivity (Wildman–Crippen MR) is 47.2 cm³/mol. The first kappa shape index (κ1) is 9.73. The molecule has 0 spiro atoms. The molecule has 72 valence electrons. The summed E-state index contributed by atoms with van der Waals surface area (Å²) in [5.41, 5.74) is 6.02. The van der Waals surface area contributed by atoms with Gasteiger partial charge in [0.05, 0.1) is 5.69 Å². The van der Waals surface area contributed by atoms with Crippen LogP contribution in [0.15, 0.2) is 10.7 Å². The zero-order valence-electron chi connectivity index (χ0n) is 7.70. The van der Waals surface area contributed by atoms with Crippen molar-refractivity contribution >= 4 is 5.91 Å². The van der Waals surface area contributed by atoms with Gasteiger partial charge in [-0.3, -0.25) is 4.79 Å². The predicted octanol–water partition coefficient (Wildman–Crippen LogP) is 0.0600. The molecule has 1 amide bonds. The van der Waals surface area contributed by atoms with Gasteiger partial charge in [-0.05, 0) is 13.8 Å². The fourth-order valence-corrected chi connectivity index (χ4v) is 0.803. The van der Waals surface area contributed by atoms with E-state index in [0.29, 0.717) is 12.2 Å². The number of carbonyl (C=O) groups is 1. The van der Waals surface area contributed by atoms with Crippen LogP contribution in [0.5, 0.6) is 0 Å². The lowest BCUT2D eigenvalue weighted by Crippen LogP contribution is -2.37. The molecule has 1 aromatic rings. The highest BCUT2D eigenvalue weighted by Crippen LogP contribution is 1.99. The molecular weight excluding hydrogens is 170 g/mol. The van der Waals surface area contributed by atoms with E-state index >= 15 is 0 Å². The number of carbonyl (C=O) groups excluding carboxylic acids is 1. The van der Waals surface area contributed by atoms with Crippen molar-refractivity contribution in [3.8, 4) is 0 Å². The number of hydrogen-bond acceptors (Lipinski definition) is 4. The van der Waals surface area contributed by atoms with E-state index in [1.807, 2.05) is 6.92 Å². The number of rotatable bonds is 3. The molecule has 0 aliphatic heterocycles. The third-order valence-corrected chi connectivity index (χ3v) is 1.54. The minimum Gasteiger partial charge on any atom is -0.441 e. The summed E-state index contributed by atoms with van der Waals surface area (Å²) in [4.78, 5) is 15.2. The van der Waals surface area contributed by atoms with Crippen molar-refractivity contribution in [3.05, 3.63) is 17.8 Å². The number of hydrogen-bond donors (Lipinski definition) is 2. The second-order valence-electron chi connectivity index (χ2n) is 2.90. The molecule has 5 nitrogen and oxygen atoms in total. The van der Waals surface area contributed by atoms with E-state index in [2.05, 4.69) is 10.3 Å². The Morgan fingerprint density at radius 2 is 2.54 bits per heavy atom. The van der Waals surface area contributed by atoms with Crippen molar-refractivity contribution < 1.29 is 9.21 Å². The molecule has 1 unspecified atom stereocenters. The minimum absolute atomic E-state index is 0.0697. The smallest absolute Gasteiger partial charge is 0.307 e. The first-order chi connectivity index (χ1) is 6.13. The van der Waals surface area contributed by atoms with Crippen LogP contribution in [0.4, 0.5) is 0 Å². The van der Waals surface area contributed by atoms with Crippen LogP contribution in [0.2, 0.25) is 0 Å². The molecule has 1 heterocycles. The molecule has 0 bridgehead atoms. The lowest BCUT2D eigenvalue weighted by Gasteiger charge is -2.08. The highest BCUT2D eigenvalue weighted by molar-refractivity contribution is 5.89. The van der Waals surface area contributed by atoms with Crippen molar-refractivity contribution in [1.82, 2.24) is 10.3 Å². The third-order valence-electron chi connectivity index (χ3n) is 1.54. The van der Waals surface area contributed by atoms with Crippen LogP contribution < -0.4 is 11.1 Å². The number of nitrogens with two attached hydrogens (primary N) is 1. The zero-order chi connectivity index (χ0) is 9.84. The van der Waals surface area contributed by atoms with Gasteiger partial charge in [0.1, 0.15) is 6.26 Å². The molecular formula is C8H13N3O2. The maximum Gasteiger partial charge on any atom is 0.307 e. The second-order valence-corrected chi connectivity index (χ2v) is 2.90. The lowest BCUT2D eigenvalue weighted by molar-refractivity contribution is 0.0906. The summed E-state index contributed by atoms with van der Waals surface area (Å²) in [6, 6.07) is -0.0697. The summed E-state index contributed by atoms with van der Waals surface area (Å²) in [6.07, 6.45) is 1.43. The van der Waals surface area contributed by atoms with Crippen molar-refractivity contribution in [1.29, 1.82) is 0 Å². The van der Waals surface area contributed by atoms with Crippen LogP contribution >= 0.6 is 0 Å². The van der Waals surface area contributed by atoms with Gasteiger partial charge in [-0.1, -0.05) is 0 Å². The van der Waals surface area contributed by atoms with Crippen LogP contribution in [0, 0.1) is 6.92 Å². The lowest BCUT2D eigenvalue weighted by atomic mass is 10.3. The van der Waals surface area contributed by atoms with Crippen molar-refractivity contribution in [2.24, 2.45) is 5.73 Å². The molecule has 1 aromatic heterocycles. The van der Waals surface area contributed by atoms with Crippen LogP contribution in [0.1, 0.15) is 23.3 Å². The molecule has 5 heteroatoms. The summed E-state index contributed by atoms with van der Waals surface area (Å²) in [5.74, 6) is -0.246. The van der Waals surface area contributed by atoms with Gasteiger partial charge in [0, 0.05) is 12.6 Å². The highest BCUT2D eigenvalue weighted by Gasteiger charge is 2.13. The summed E-state index contributed by atoms with van der Waals surface area (Å²) in [7, 11) is 0. The van der Waals surface area contributed by atoms with Gasteiger partial charge in [0.15, 0.2) is 0 Å². The number of nitrogens with one attached hydrogen (secondary N) is 1. The van der Waals surface area contributed by atoms with E-state index in [-0.39, 0.29) is 17.8 Å². The minimum atomic E-state index is -0.328. The van der Waals surface area contributed by atoms with E-state index in [1.54, 1.807) is 6.92 Å². The van der Waals surface area contributed by atoms with Crippen molar-refractivity contribution in [2.75, 3.05) is 6.54 Å². The molecule has 0 aliphatic carbocycles. The van der Waals surface area contributed by atoms with Crippen molar-refractivity contribution in [3.63, 3.8) is 0 Å². The van der Waals surface area contributed by atoms with Crippen LogP contribution in [-0.4, -0.2) is 23.5 Å². The average Bonchev–Trinajstić information content (AvgIpc) is 2.51. The molecule has 13 heavy (non-hydrogen) atoms. The van der Waals surface area contributed by atoms with E-state index in [4.69, 9.17) is 10.2 Å². The first-order valence-corrected chi connectivity index (χ1v) is 4.06. The third kappa shape index (κ3) is 2.55. The van der Waals surface area contributed by atoms with Gasteiger partial charge in [-0.15, -0.1) is 0 Å². The molecule has 0 radical (unpaired) electrons. The molecule has 0 aromatic carbocycles. The highest BCUT2D eigenvalue weighted by atomic mass is 16.4. The Labute approximate surface area is 76.3 Å². The van der Waals surface area contributed by atoms with E-state index in [9.17, 15) is 4.79 Å². The van der Waals surface area contributed by atoms with E-state index < -0.39 is 0 Å². The Kier molecular flexibility index (Phi) is 3.02. The summed E-state index contributed by atoms with van der Waals surface area (Å²) < 4.78 is 4.91. The van der Waals surface area contributed by atoms with Crippen LogP contribution in [-0.2, 0) is 0 Å². The van der Waals surface area contributed by atoms with E-state index in [1.165, 1.54) is 6.26 Å². The molecule has 1 atom stereocenters. The number of nitrogens with zero attached hydrogens (tertiary/aromatic N) is 1. The van der Waals surface area contributed by atoms with Crippen molar-refractivity contribution in [2.45, 2.75) is 19.9 Å². The Balaban J connectivity index is 2.58. The molecule has 0 aliphatic rings. The largest absolute Gasteiger partial charge is 0.441 e.